The summed E-state index contributed by atoms with van der Waals surface area (Å²) in [6.07, 6.45) is 1.11. The Hall–Kier alpha value is -4.24. The summed E-state index contributed by atoms with van der Waals surface area (Å²) in [6.45, 7) is 4.92. The third-order valence-corrected chi connectivity index (χ3v) is 5.77. The molecule has 1 atom stereocenters. The zero-order chi connectivity index (χ0) is 24.8. The number of allylic oxidation sites excluding steroid dienone is 1. The summed E-state index contributed by atoms with van der Waals surface area (Å²) in [5.41, 5.74) is 8.95. The first kappa shape index (κ1) is 23.9. The number of carbonyl (C=O) groups excluding carboxylic acids is 1. The number of fused-ring (bicyclic) bond motifs is 1. The van der Waals surface area contributed by atoms with Gasteiger partial charge in [-0.25, -0.2) is 0 Å². The maximum atomic E-state index is 12.4. The second-order valence-electron chi connectivity index (χ2n) is 8.86. The van der Waals surface area contributed by atoms with Crippen molar-refractivity contribution in [2.24, 2.45) is 11.7 Å². The average Bonchev–Trinajstić information content (AvgIpc) is 2.83. The van der Waals surface area contributed by atoms with Crippen LogP contribution >= 0.6 is 0 Å². The fourth-order valence-electron chi connectivity index (χ4n) is 3.97. The van der Waals surface area contributed by atoms with Crippen molar-refractivity contribution in [2.75, 3.05) is 6.61 Å². The van der Waals surface area contributed by atoms with E-state index in [1.807, 2.05) is 54.6 Å². The zero-order valence-corrected chi connectivity index (χ0v) is 19.9. The van der Waals surface area contributed by atoms with Gasteiger partial charge >= 0.3 is 5.97 Å². The van der Waals surface area contributed by atoms with Gasteiger partial charge in [0.2, 0.25) is 5.88 Å². The van der Waals surface area contributed by atoms with Crippen LogP contribution < -0.4 is 19.9 Å². The van der Waals surface area contributed by atoms with E-state index in [2.05, 4.69) is 19.9 Å². The van der Waals surface area contributed by atoms with Crippen molar-refractivity contribution < 1.29 is 19.0 Å². The lowest BCUT2D eigenvalue weighted by Gasteiger charge is -2.27. The van der Waals surface area contributed by atoms with Crippen LogP contribution in [0.3, 0.4) is 0 Å². The highest BCUT2D eigenvalue weighted by Gasteiger charge is 2.31. The molecular weight excluding hydrogens is 440 g/mol. The molecule has 1 unspecified atom stereocenters. The molecule has 3 aromatic carbocycles. The van der Waals surface area contributed by atoms with Gasteiger partial charge < -0.3 is 19.9 Å². The fraction of sp³-hybridized carbons (Fsp3) is 0.241. The van der Waals surface area contributed by atoms with Crippen LogP contribution in [-0.2, 0) is 11.2 Å². The molecule has 1 aliphatic heterocycles. The Balaban J connectivity index is 1.58. The van der Waals surface area contributed by atoms with Crippen molar-refractivity contribution in [1.82, 2.24) is 0 Å². The number of hydrogen-bond donors (Lipinski definition) is 1. The molecule has 0 saturated carbocycles. The van der Waals surface area contributed by atoms with Gasteiger partial charge in [0.25, 0.3) is 0 Å². The molecular formula is C29H28N2O4. The van der Waals surface area contributed by atoms with Crippen molar-refractivity contribution in [3.63, 3.8) is 0 Å². The number of carbonyl (C=O) groups is 1. The van der Waals surface area contributed by atoms with Crippen molar-refractivity contribution in [3.05, 3.63) is 101 Å². The monoisotopic (exact) mass is 468 g/mol. The van der Waals surface area contributed by atoms with Gasteiger partial charge in [-0.1, -0.05) is 62.4 Å². The highest BCUT2D eigenvalue weighted by Crippen LogP contribution is 2.44. The van der Waals surface area contributed by atoms with E-state index in [4.69, 9.17) is 19.9 Å². The summed E-state index contributed by atoms with van der Waals surface area (Å²) in [5, 5.41) is 9.84. The average molecular weight is 469 g/mol. The predicted molar refractivity (Wildman–Crippen MR) is 133 cm³/mol. The van der Waals surface area contributed by atoms with Crippen LogP contribution in [0.4, 0.5) is 0 Å². The van der Waals surface area contributed by atoms with E-state index in [-0.39, 0.29) is 18.3 Å². The van der Waals surface area contributed by atoms with Crippen LogP contribution in [0.2, 0.25) is 0 Å². The van der Waals surface area contributed by atoms with Gasteiger partial charge in [0.1, 0.15) is 28.9 Å². The van der Waals surface area contributed by atoms with Crippen LogP contribution in [0.15, 0.2) is 84.3 Å². The quantitative estimate of drug-likeness (QED) is 0.348. The smallest absolute Gasteiger partial charge is 0.315 e. The number of benzene rings is 3. The van der Waals surface area contributed by atoms with Crippen LogP contribution in [0.5, 0.6) is 17.2 Å². The Labute approximate surface area is 205 Å². The maximum Gasteiger partial charge on any atom is 0.315 e. The fourth-order valence-corrected chi connectivity index (χ4v) is 3.97. The molecule has 4 rings (SSSR count). The molecule has 35 heavy (non-hydrogen) atoms. The largest absolute Gasteiger partial charge is 0.494 e. The predicted octanol–water partition coefficient (Wildman–Crippen LogP) is 5.48. The summed E-state index contributed by atoms with van der Waals surface area (Å²) in [7, 11) is 0. The van der Waals surface area contributed by atoms with E-state index in [9.17, 15) is 10.1 Å². The Bertz CT molecular complexity index is 1280. The first-order valence-electron chi connectivity index (χ1n) is 11.6. The zero-order valence-electron chi connectivity index (χ0n) is 19.9. The number of ether oxygens (including phenoxy) is 3. The Morgan fingerprint density at radius 1 is 1.06 bits per heavy atom. The van der Waals surface area contributed by atoms with Crippen molar-refractivity contribution in [1.29, 1.82) is 5.26 Å². The third-order valence-electron chi connectivity index (χ3n) is 5.77. The molecule has 0 aliphatic carbocycles. The van der Waals surface area contributed by atoms with Crippen LogP contribution in [0.25, 0.3) is 0 Å². The minimum atomic E-state index is -0.425. The van der Waals surface area contributed by atoms with Crippen molar-refractivity contribution >= 4 is 5.97 Å². The van der Waals surface area contributed by atoms with E-state index in [1.165, 1.54) is 0 Å². The van der Waals surface area contributed by atoms with Crippen LogP contribution in [0, 0.1) is 17.2 Å². The number of hydrogen-bond acceptors (Lipinski definition) is 6. The molecule has 0 saturated heterocycles. The first-order valence-corrected chi connectivity index (χ1v) is 11.6. The molecule has 0 aromatic heterocycles. The highest BCUT2D eigenvalue weighted by molar-refractivity contribution is 5.75. The molecule has 6 nitrogen and oxygen atoms in total. The van der Waals surface area contributed by atoms with E-state index < -0.39 is 5.92 Å². The number of nitrogens with two attached hydrogens (primary N) is 1. The van der Waals surface area contributed by atoms with Gasteiger partial charge in [0, 0.05) is 11.6 Å². The molecule has 2 N–H and O–H groups in total. The molecule has 1 aliphatic rings. The molecule has 0 amide bonds. The van der Waals surface area contributed by atoms with Crippen molar-refractivity contribution in [2.45, 2.75) is 32.6 Å². The molecule has 0 fully saturated rings. The van der Waals surface area contributed by atoms with Gasteiger partial charge in [-0.3, -0.25) is 4.79 Å². The Morgan fingerprint density at radius 2 is 1.86 bits per heavy atom. The minimum absolute atomic E-state index is 0.0314. The topological polar surface area (TPSA) is 94.6 Å². The lowest BCUT2D eigenvalue weighted by molar-refractivity contribution is -0.133. The first-order chi connectivity index (χ1) is 16.9. The van der Waals surface area contributed by atoms with E-state index in [0.717, 1.165) is 28.9 Å². The SMILES string of the molecule is CC(C)CCOc1cccc(C2C(C#N)=C(N)Oc3cc(OC(=O)Cc4ccccc4)ccc32)c1. The Morgan fingerprint density at radius 3 is 2.60 bits per heavy atom. The summed E-state index contributed by atoms with van der Waals surface area (Å²) < 4.78 is 17.2. The van der Waals surface area contributed by atoms with E-state index in [0.29, 0.717) is 29.6 Å². The van der Waals surface area contributed by atoms with Gasteiger partial charge in [0.15, 0.2) is 0 Å². The lowest BCUT2D eigenvalue weighted by atomic mass is 9.83. The summed E-state index contributed by atoms with van der Waals surface area (Å²) in [4.78, 5) is 12.4. The normalized spacial score (nSPS) is 14.6. The van der Waals surface area contributed by atoms with Gasteiger partial charge in [-0.15, -0.1) is 0 Å². The van der Waals surface area contributed by atoms with Gasteiger partial charge in [0.05, 0.1) is 18.9 Å². The van der Waals surface area contributed by atoms with Crippen LogP contribution in [-0.4, -0.2) is 12.6 Å². The number of nitrogens with zero attached hydrogens (tertiary/aromatic N) is 1. The molecule has 0 bridgehead atoms. The van der Waals surface area contributed by atoms with Gasteiger partial charge in [-0.2, -0.15) is 5.26 Å². The minimum Gasteiger partial charge on any atom is -0.494 e. The summed E-state index contributed by atoms with van der Waals surface area (Å²) in [5.74, 6) is 1.30. The third kappa shape index (κ3) is 5.82. The summed E-state index contributed by atoms with van der Waals surface area (Å²) in [6, 6.07) is 24.4. The van der Waals surface area contributed by atoms with Crippen LogP contribution in [0.1, 0.15) is 42.9 Å². The van der Waals surface area contributed by atoms with Gasteiger partial charge in [-0.05, 0) is 41.7 Å². The number of rotatable bonds is 8. The number of nitriles is 1. The second-order valence-corrected chi connectivity index (χ2v) is 8.86. The van der Waals surface area contributed by atoms with E-state index in [1.54, 1.807) is 18.2 Å². The molecule has 0 spiro atoms. The number of esters is 1. The van der Waals surface area contributed by atoms with E-state index >= 15 is 0 Å². The lowest BCUT2D eigenvalue weighted by Crippen LogP contribution is -2.21. The Kier molecular flexibility index (Phi) is 7.37. The standard InChI is InChI=1S/C29H28N2O4/c1-19(2)13-14-33-22-10-6-9-21(16-22)28-24-12-11-23(17-26(24)35-29(31)25(28)18-30)34-27(32)15-20-7-4-3-5-8-20/h3-12,16-17,19,28H,13-15,31H2,1-2H3. The maximum absolute atomic E-state index is 12.4. The molecule has 0 radical (unpaired) electrons. The molecule has 1 heterocycles. The molecule has 3 aromatic rings. The molecule has 6 heteroatoms. The van der Waals surface area contributed by atoms with Crippen molar-refractivity contribution in [3.8, 4) is 23.3 Å². The second kappa shape index (κ2) is 10.8. The molecule has 178 valence electrons. The highest BCUT2D eigenvalue weighted by atomic mass is 16.5. The summed E-state index contributed by atoms with van der Waals surface area (Å²) >= 11 is 0.